The first-order chi connectivity index (χ1) is 5.25. The third kappa shape index (κ3) is 1.43. The van der Waals surface area contributed by atoms with Crippen LogP contribution in [-0.4, -0.2) is 24.4 Å². The van der Waals surface area contributed by atoms with E-state index in [0.29, 0.717) is 6.29 Å². The van der Waals surface area contributed by atoms with E-state index in [2.05, 4.69) is 10.5 Å². The van der Waals surface area contributed by atoms with Crippen LogP contribution in [0.15, 0.2) is 16.8 Å². The quantitative estimate of drug-likeness (QED) is 0.476. The Bertz CT molecular complexity index is 244. The number of nitrogens with zero attached hydrogens (tertiary/aromatic N) is 1. The van der Waals surface area contributed by atoms with Crippen molar-refractivity contribution in [3.8, 4) is 0 Å². The van der Waals surface area contributed by atoms with E-state index in [1.807, 2.05) is 0 Å². The van der Waals surface area contributed by atoms with Crippen LogP contribution in [0, 0.1) is 0 Å². The van der Waals surface area contributed by atoms with Gasteiger partial charge in [-0.25, -0.2) is 0 Å². The maximum atomic E-state index is 10.6. The first-order valence-electron chi connectivity index (χ1n) is 2.99. The van der Waals surface area contributed by atoms with Crippen molar-refractivity contribution < 1.29 is 9.59 Å². The van der Waals surface area contributed by atoms with Crippen LogP contribution in [0.1, 0.15) is 0 Å². The van der Waals surface area contributed by atoms with Gasteiger partial charge in [-0.1, -0.05) is 0 Å². The lowest BCUT2D eigenvalue weighted by molar-refractivity contribution is -0.116. The monoisotopic (exact) mass is 153 g/mol. The van der Waals surface area contributed by atoms with Crippen molar-refractivity contribution in [3.63, 3.8) is 0 Å². The Morgan fingerprint density at radius 1 is 1.82 bits per heavy atom. The highest BCUT2D eigenvalue weighted by atomic mass is 16.1. The van der Waals surface area contributed by atoms with E-state index in [-0.39, 0.29) is 5.57 Å². The number of rotatable bonds is 2. The van der Waals surface area contributed by atoms with E-state index in [1.54, 1.807) is 0 Å². The number of nitrogens with one attached hydrogen (secondary N) is 1. The van der Waals surface area contributed by atoms with Gasteiger partial charge in [0.25, 0.3) is 0 Å². The number of allylic oxidation sites excluding steroid dienone is 1. The minimum absolute atomic E-state index is 0.231. The van der Waals surface area contributed by atoms with Crippen LogP contribution in [-0.2, 0) is 9.59 Å². The predicted molar refractivity (Wildman–Crippen MR) is 38.8 cm³/mol. The molecule has 1 amide bonds. The Balaban J connectivity index is 2.86. The third-order valence-electron chi connectivity index (χ3n) is 1.30. The number of carbonyl (C=O) groups is 2. The SMILES string of the molecule is NC(=O)C1=CC=NNC1C=O. The Morgan fingerprint density at radius 3 is 3.00 bits per heavy atom. The molecule has 1 heterocycles. The number of hydrogen-bond acceptors (Lipinski definition) is 4. The first kappa shape index (κ1) is 7.46. The summed E-state index contributed by atoms with van der Waals surface area (Å²) in [7, 11) is 0. The predicted octanol–water partition coefficient (Wildman–Crippen LogP) is -1.45. The number of hydrogen-bond donors (Lipinski definition) is 2. The van der Waals surface area contributed by atoms with Crippen LogP contribution in [0.4, 0.5) is 0 Å². The summed E-state index contributed by atoms with van der Waals surface area (Å²) in [6.45, 7) is 0. The average Bonchev–Trinajstić information content (AvgIpc) is 2.04. The summed E-state index contributed by atoms with van der Waals surface area (Å²) in [4.78, 5) is 20.9. The summed E-state index contributed by atoms with van der Waals surface area (Å²) in [6.07, 6.45) is 3.37. The molecule has 0 aromatic heterocycles. The second kappa shape index (κ2) is 2.96. The number of carbonyl (C=O) groups excluding carboxylic acids is 2. The zero-order chi connectivity index (χ0) is 8.27. The highest BCUT2D eigenvalue weighted by Crippen LogP contribution is 2.01. The molecule has 0 aromatic carbocycles. The van der Waals surface area contributed by atoms with E-state index >= 15 is 0 Å². The van der Waals surface area contributed by atoms with Gasteiger partial charge in [-0.05, 0) is 6.08 Å². The molecule has 1 aliphatic rings. The average molecular weight is 153 g/mol. The van der Waals surface area contributed by atoms with Crippen molar-refractivity contribution >= 4 is 18.4 Å². The minimum atomic E-state index is -0.697. The van der Waals surface area contributed by atoms with Crippen molar-refractivity contribution in [1.82, 2.24) is 5.43 Å². The third-order valence-corrected chi connectivity index (χ3v) is 1.30. The van der Waals surface area contributed by atoms with Crippen molar-refractivity contribution in [2.24, 2.45) is 10.8 Å². The molecule has 0 bridgehead atoms. The largest absolute Gasteiger partial charge is 0.366 e. The molecule has 5 heteroatoms. The van der Waals surface area contributed by atoms with Crippen LogP contribution in [0.3, 0.4) is 0 Å². The maximum absolute atomic E-state index is 10.6. The highest BCUT2D eigenvalue weighted by molar-refractivity contribution is 6.01. The van der Waals surface area contributed by atoms with Gasteiger partial charge in [0.2, 0.25) is 5.91 Å². The molecule has 0 saturated heterocycles. The fraction of sp³-hybridized carbons (Fsp3) is 0.167. The maximum Gasteiger partial charge on any atom is 0.247 e. The molecule has 1 unspecified atom stereocenters. The zero-order valence-corrected chi connectivity index (χ0v) is 5.65. The molecule has 1 atom stereocenters. The summed E-state index contributed by atoms with van der Waals surface area (Å²) < 4.78 is 0. The topological polar surface area (TPSA) is 84.6 Å². The molecular weight excluding hydrogens is 146 g/mol. The van der Waals surface area contributed by atoms with Crippen LogP contribution in [0.5, 0.6) is 0 Å². The molecular formula is C6H7N3O2. The molecule has 3 N–H and O–H groups in total. The molecule has 0 saturated carbocycles. The second-order valence-corrected chi connectivity index (χ2v) is 2.01. The second-order valence-electron chi connectivity index (χ2n) is 2.01. The number of hydrazone groups is 1. The summed E-state index contributed by atoms with van der Waals surface area (Å²) in [5.74, 6) is -0.610. The van der Waals surface area contributed by atoms with Gasteiger partial charge in [-0.3, -0.25) is 10.2 Å². The van der Waals surface area contributed by atoms with E-state index in [1.165, 1.54) is 12.3 Å². The van der Waals surface area contributed by atoms with Gasteiger partial charge in [0.1, 0.15) is 12.3 Å². The van der Waals surface area contributed by atoms with Gasteiger partial charge >= 0.3 is 0 Å². The molecule has 1 aliphatic heterocycles. The number of aldehydes is 1. The lowest BCUT2D eigenvalue weighted by Crippen LogP contribution is -2.36. The van der Waals surface area contributed by atoms with Crippen molar-refractivity contribution in [3.05, 3.63) is 11.6 Å². The molecule has 5 nitrogen and oxygen atoms in total. The normalized spacial score (nSPS) is 21.8. The highest BCUT2D eigenvalue weighted by Gasteiger charge is 2.18. The summed E-state index contributed by atoms with van der Waals surface area (Å²) in [5.41, 5.74) is 7.63. The summed E-state index contributed by atoms with van der Waals surface area (Å²) >= 11 is 0. The lowest BCUT2D eigenvalue weighted by Gasteiger charge is -2.13. The number of amides is 1. The molecule has 0 aliphatic carbocycles. The van der Waals surface area contributed by atoms with E-state index < -0.39 is 11.9 Å². The molecule has 0 radical (unpaired) electrons. The smallest absolute Gasteiger partial charge is 0.247 e. The van der Waals surface area contributed by atoms with Crippen LogP contribution < -0.4 is 11.2 Å². The standard InChI is InChI=1S/C6H7N3O2/c7-6(11)4-1-2-8-9-5(4)3-10/h1-3,5,9H,(H2,7,11). The van der Waals surface area contributed by atoms with Crippen LogP contribution >= 0.6 is 0 Å². The fourth-order valence-corrected chi connectivity index (χ4v) is 0.753. The number of primary amides is 1. The number of nitrogens with two attached hydrogens (primary N) is 1. The van der Waals surface area contributed by atoms with Gasteiger partial charge in [0, 0.05) is 11.8 Å². The molecule has 0 spiro atoms. The Hall–Kier alpha value is -1.65. The summed E-state index contributed by atoms with van der Waals surface area (Å²) in [5, 5.41) is 3.57. The van der Waals surface area contributed by atoms with Crippen molar-refractivity contribution in [2.45, 2.75) is 6.04 Å². The van der Waals surface area contributed by atoms with Crippen molar-refractivity contribution in [2.75, 3.05) is 0 Å². The minimum Gasteiger partial charge on any atom is -0.366 e. The van der Waals surface area contributed by atoms with Gasteiger partial charge in [0.05, 0.1) is 0 Å². The molecule has 11 heavy (non-hydrogen) atoms. The van der Waals surface area contributed by atoms with Gasteiger partial charge in [0.15, 0.2) is 0 Å². The van der Waals surface area contributed by atoms with Crippen molar-refractivity contribution in [1.29, 1.82) is 0 Å². The van der Waals surface area contributed by atoms with Crippen LogP contribution in [0.25, 0.3) is 0 Å². The van der Waals surface area contributed by atoms with Gasteiger partial charge in [-0.2, -0.15) is 5.10 Å². The lowest BCUT2D eigenvalue weighted by atomic mass is 10.1. The molecule has 58 valence electrons. The Kier molecular flexibility index (Phi) is 2.00. The Morgan fingerprint density at radius 2 is 2.55 bits per heavy atom. The molecule has 0 aromatic rings. The van der Waals surface area contributed by atoms with E-state index in [0.717, 1.165) is 0 Å². The van der Waals surface area contributed by atoms with Gasteiger partial charge < -0.3 is 10.5 Å². The van der Waals surface area contributed by atoms with E-state index in [9.17, 15) is 9.59 Å². The molecule has 0 fully saturated rings. The van der Waals surface area contributed by atoms with E-state index in [4.69, 9.17) is 5.73 Å². The summed E-state index contributed by atoms with van der Waals surface area (Å²) in [6, 6.07) is -0.697. The Labute approximate surface area is 62.9 Å². The zero-order valence-electron chi connectivity index (χ0n) is 5.65. The molecule has 1 rings (SSSR count). The fourth-order valence-electron chi connectivity index (χ4n) is 0.753. The first-order valence-corrected chi connectivity index (χ1v) is 2.99. The van der Waals surface area contributed by atoms with Crippen LogP contribution in [0.2, 0.25) is 0 Å². The van der Waals surface area contributed by atoms with Gasteiger partial charge in [-0.15, -0.1) is 0 Å².